The lowest BCUT2D eigenvalue weighted by molar-refractivity contribution is -0.114. The molecule has 3 rings (SSSR count). The molecule has 134 valence electrons. The summed E-state index contributed by atoms with van der Waals surface area (Å²) in [6.45, 7) is 4.02. The van der Waals surface area contributed by atoms with Crippen molar-refractivity contribution in [2.24, 2.45) is 0 Å². The lowest BCUT2D eigenvalue weighted by atomic mass is 10.0. The van der Waals surface area contributed by atoms with Gasteiger partial charge in [0.25, 0.3) is 0 Å². The van der Waals surface area contributed by atoms with Gasteiger partial charge in [0.1, 0.15) is 5.82 Å². The van der Waals surface area contributed by atoms with E-state index < -0.39 is 0 Å². The first-order valence-electron chi connectivity index (χ1n) is 8.55. The summed E-state index contributed by atoms with van der Waals surface area (Å²) in [6, 6.07) is 12.0. The van der Waals surface area contributed by atoms with E-state index in [1.165, 1.54) is 19.1 Å². The number of benzene rings is 2. The van der Waals surface area contributed by atoms with Gasteiger partial charge in [0.05, 0.1) is 17.5 Å². The minimum absolute atomic E-state index is 0.214. The molecule has 1 amide bonds. The molecule has 0 bridgehead atoms. The van der Waals surface area contributed by atoms with Gasteiger partial charge in [-0.05, 0) is 41.8 Å². The third-order valence-electron chi connectivity index (χ3n) is 3.86. The molecule has 26 heavy (non-hydrogen) atoms. The van der Waals surface area contributed by atoms with Crippen LogP contribution in [0.2, 0.25) is 0 Å². The summed E-state index contributed by atoms with van der Waals surface area (Å²) in [4.78, 5) is 20.0. The van der Waals surface area contributed by atoms with E-state index in [2.05, 4.69) is 22.2 Å². The molecule has 5 nitrogen and oxygen atoms in total. The minimum Gasteiger partial charge on any atom is -0.477 e. The predicted octanol–water partition coefficient (Wildman–Crippen LogP) is 4.57. The molecule has 1 N–H and O–H groups in total. The van der Waals surface area contributed by atoms with Crippen molar-refractivity contribution in [1.82, 2.24) is 9.97 Å². The Morgan fingerprint density at radius 3 is 2.54 bits per heavy atom. The molecule has 0 unspecified atom stereocenters. The Kier molecular flexibility index (Phi) is 5.41. The third kappa shape index (κ3) is 4.14. The largest absolute Gasteiger partial charge is 0.477 e. The van der Waals surface area contributed by atoms with Crippen LogP contribution in [0.5, 0.6) is 5.88 Å². The SMILES string of the molecule is CCCCOc1nc(NC(C)=O)nc2ccc(-c3ccc(F)cc3)cc12. The summed E-state index contributed by atoms with van der Waals surface area (Å²) in [5, 5.41) is 3.34. The first-order valence-corrected chi connectivity index (χ1v) is 8.55. The number of nitrogens with one attached hydrogen (secondary N) is 1. The van der Waals surface area contributed by atoms with E-state index in [0.29, 0.717) is 18.0 Å². The number of halogens is 1. The van der Waals surface area contributed by atoms with Crippen LogP contribution in [0.25, 0.3) is 22.0 Å². The number of nitrogens with zero attached hydrogens (tertiary/aromatic N) is 2. The van der Waals surface area contributed by atoms with Gasteiger partial charge in [-0.3, -0.25) is 10.1 Å². The Morgan fingerprint density at radius 1 is 1.12 bits per heavy atom. The van der Waals surface area contributed by atoms with Gasteiger partial charge in [-0.2, -0.15) is 4.98 Å². The summed E-state index contributed by atoms with van der Waals surface area (Å²) >= 11 is 0. The molecule has 1 heterocycles. The van der Waals surface area contributed by atoms with E-state index in [1.807, 2.05) is 18.2 Å². The lowest BCUT2D eigenvalue weighted by Gasteiger charge is -2.11. The van der Waals surface area contributed by atoms with Crippen LogP contribution < -0.4 is 10.1 Å². The highest BCUT2D eigenvalue weighted by atomic mass is 19.1. The average Bonchev–Trinajstić information content (AvgIpc) is 2.62. The van der Waals surface area contributed by atoms with Crippen molar-refractivity contribution in [3.05, 3.63) is 48.3 Å². The van der Waals surface area contributed by atoms with Crippen molar-refractivity contribution < 1.29 is 13.9 Å². The van der Waals surface area contributed by atoms with Crippen molar-refractivity contribution in [3.8, 4) is 17.0 Å². The number of fused-ring (bicyclic) bond motifs is 1. The van der Waals surface area contributed by atoms with Gasteiger partial charge in [0.2, 0.25) is 17.7 Å². The lowest BCUT2D eigenvalue weighted by Crippen LogP contribution is -2.10. The fourth-order valence-electron chi connectivity index (χ4n) is 2.56. The summed E-state index contributed by atoms with van der Waals surface area (Å²) in [7, 11) is 0. The second-order valence-electron chi connectivity index (χ2n) is 5.97. The molecule has 0 saturated carbocycles. The smallest absolute Gasteiger partial charge is 0.233 e. The van der Waals surface area contributed by atoms with Crippen molar-refractivity contribution in [1.29, 1.82) is 0 Å². The van der Waals surface area contributed by atoms with Gasteiger partial charge < -0.3 is 4.74 Å². The Balaban J connectivity index is 2.05. The maximum Gasteiger partial charge on any atom is 0.233 e. The number of ether oxygens (including phenoxy) is 1. The first-order chi connectivity index (χ1) is 12.6. The second kappa shape index (κ2) is 7.91. The zero-order valence-corrected chi connectivity index (χ0v) is 14.8. The highest BCUT2D eigenvalue weighted by Crippen LogP contribution is 2.30. The van der Waals surface area contributed by atoms with Crippen molar-refractivity contribution in [3.63, 3.8) is 0 Å². The molecule has 3 aromatic rings. The molecule has 0 spiro atoms. The summed E-state index contributed by atoms with van der Waals surface area (Å²) in [5.41, 5.74) is 2.47. The number of carbonyl (C=O) groups excluding carboxylic acids is 1. The van der Waals surface area contributed by atoms with E-state index in [-0.39, 0.29) is 17.7 Å². The van der Waals surface area contributed by atoms with E-state index in [9.17, 15) is 9.18 Å². The van der Waals surface area contributed by atoms with Crippen LogP contribution in [0, 0.1) is 5.82 Å². The number of unbranched alkanes of at least 4 members (excludes halogenated alkanes) is 1. The number of anilines is 1. The predicted molar refractivity (Wildman–Crippen MR) is 99.6 cm³/mol. The molecular formula is C20H20FN3O2. The summed E-state index contributed by atoms with van der Waals surface area (Å²) in [6.07, 6.45) is 1.90. The zero-order chi connectivity index (χ0) is 18.5. The Bertz CT molecular complexity index is 926. The number of hydrogen-bond donors (Lipinski definition) is 1. The van der Waals surface area contributed by atoms with Crippen LogP contribution in [0.1, 0.15) is 26.7 Å². The molecule has 0 aliphatic carbocycles. The van der Waals surface area contributed by atoms with Gasteiger partial charge >= 0.3 is 0 Å². The normalized spacial score (nSPS) is 10.7. The van der Waals surface area contributed by atoms with E-state index in [4.69, 9.17) is 4.74 Å². The molecule has 2 aromatic carbocycles. The second-order valence-corrected chi connectivity index (χ2v) is 5.97. The van der Waals surface area contributed by atoms with Gasteiger partial charge in [0, 0.05) is 6.92 Å². The fourth-order valence-corrected chi connectivity index (χ4v) is 2.56. The number of aromatic nitrogens is 2. The number of rotatable bonds is 6. The Morgan fingerprint density at radius 2 is 1.85 bits per heavy atom. The number of carbonyl (C=O) groups is 1. The molecule has 0 aliphatic rings. The van der Waals surface area contributed by atoms with Crippen molar-refractivity contribution in [2.75, 3.05) is 11.9 Å². The third-order valence-corrected chi connectivity index (χ3v) is 3.86. The molecule has 0 aliphatic heterocycles. The van der Waals surface area contributed by atoms with Crippen molar-refractivity contribution >= 4 is 22.8 Å². The average molecular weight is 353 g/mol. The van der Waals surface area contributed by atoms with E-state index >= 15 is 0 Å². The van der Waals surface area contributed by atoms with Gasteiger partial charge in [-0.1, -0.05) is 31.5 Å². The molecule has 1 aromatic heterocycles. The van der Waals surface area contributed by atoms with Crippen LogP contribution >= 0.6 is 0 Å². The highest BCUT2D eigenvalue weighted by Gasteiger charge is 2.12. The molecular weight excluding hydrogens is 333 g/mol. The van der Waals surface area contributed by atoms with E-state index in [1.54, 1.807) is 12.1 Å². The quantitative estimate of drug-likeness (QED) is 0.659. The monoisotopic (exact) mass is 353 g/mol. The van der Waals surface area contributed by atoms with Crippen LogP contribution in [0.4, 0.5) is 10.3 Å². The maximum atomic E-state index is 13.2. The maximum absolute atomic E-state index is 13.2. The van der Waals surface area contributed by atoms with Crippen molar-refractivity contribution in [2.45, 2.75) is 26.7 Å². The van der Waals surface area contributed by atoms with Gasteiger partial charge in [0.15, 0.2) is 0 Å². The molecule has 0 fully saturated rings. The number of amides is 1. The Hall–Kier alpha value is -3.02. The molecule has 0 saturated heterocycles. The zero-order valence-electron chi connectivity index (χ0n) is 14.8. The highest BCUT2D eigenvalue weighted by molar-refractivity contribution is 5.92. The number of hydrogen-bond acceptors (Lipinski definition) is 4. The minimum atomic E-state index is -0.276. The van der Waals surface area contributed by atoms with Gasteiger partial charge in [-0.15, -0.1) is 0 Å². The molecule has 6 heteroatoms. The standard InChI is InChI=1S/C20H20FN3O2/c1-3-4-11-26-19-17-12-15(14-5-8-16(21)9-6-14)7-10-18(17)23-20(24-19)22-13(2)25/h5-10,12H,3-4,11H2,1-2H3,(H,22,23,24,25). The fraction of sp³-hybridized carbons (Fsp3) is 0.250. The van der Waals surface area contributed by atoms with Crippen LogP contribution in [0.15, 0.2) is 42.5 Å². The summed E-state index contributed by atoms with van der Waals surface area (Å²) < 4.78 is 19.0. The first kappa shape index (κ1) is 17.8. The van der Waals surface area contributed by atoms with Gasteiger partial charge in [-0.25, -0.2) is 9.37 Å². The van der Waals surface area contributed by atoms with Crippen LogP contribution in [-0.4, -0.2) is 22.5 Å². The van der Waals surface area contributed by atoms with Crippen LogP contribution in [0.3, 0.4) is 0 Å². The molecule has 0 atom stereocenters. The topological polar surface area (TPSA) is 64.1 Å². The van der Waals surface area contributed by atoms with E-state index in [0.717, 1.165) is 29.4 Å². The van der Waals surface area contributed by atoms with Crippen LogP contribution in [-0.2, 0) is 4.79 Å². The summed E-state index contributed by atoms with van der Waals surface area (Å²) in [5.74, 6) is 0.121. The Labute approximate surface area is 151 Å². The molecule has 0 radical (unpaired) electrons.